The van der Waals surface area contributed by atoms with E-state index in [9.17, 15) is 0 Å². The van der Waals surface area contributed by atoms with Gasteiger partial charge >= 0.3 is 0 Å². The molecule has 0 spiro atoms. The van der Waals surface area contributed by atoms with Crippen LogP contribution in [0, 0.1) is 0 Å². The van der Waals surface area contributed by atoms with Gasteiger partial charge in [-0.15, -0.1) is 0 Å². The molecule has 3 N–H and O–H groups in total. The maximum absolute atomic E-state index is 8.15. The Morgan fingerprint density at radius 2 is 1.57 bits per heavy atom. The summed E-state index contributed by atoms with van der Waals surface area (Å²) >= 11 is 0. The Balaban J connectivity index is 0.000000199. The smallest absolute Gasteiger partial charge is 0.0781 e. The van der Waals surface area contributed by atoms with E-state index in [1.807, 2.05) is 0 Å². The predicted octanol–water partition coefficient (Wildman–Crippen LogP) is -1.02. The minimum Gasteiger partial charge on any atom is -0.395 e. The molecule has 0 radical (unpaired) electrons. The van der Waals surface area contributed by atoms with Gasteiger partial charge in [-0.2, -0.15) is 0 Å². The fraction of sp³-hybridized carbons (Fsp3) is 1.00. The van der Waals surface area contributed by atoms with Gasteiger partial charge in [-0.05, 0) is 6.92 Å². The van der Waals surface area contributed by atoms with Gasteiger partial charge in [-0.25, -0.2) is 0 Å². The summed E-state index contributed by atoms with van der Waals surface area (Å²) in [6.45, 7) is 6.46. The van der Waals surface area contributed by atoms with Gasteiger partial charge < -0.3 is 25.0 Å². The third kappa shape index (κ3) is 22.6. The fourth-order valence-electron chi connectivity index (χ4n) is 0.379. The van der Waals surface area contributed by atoms with E-state index in [1.165, 1.54) is 0 Å². The van der Waals surface area contributed by atoms with Gasteiger partial charge in [0.25, 0.3) is 0 Å². The molecule has 0 aromatic rings. The van der Waals surface area contributed by atoms with Gasteiger partial charge in [0.2, 0.25) is 0 Å². The third-order valence-corrected chi connectivity index (χ3v) is 1.28. The van der Waals surface area contributed by atoms with Gasteiger partial charge in [-0.3, -0.25) is 0 Å². The van der Waals surface area contributed by atoms with Gasteiger partial charge in [0.05, 0.1) is 39.1 Å². The Morgan fingerprint density at radius 3 is 1.71 bits per heavy atom. The Morgan fingerprint density at radius 1 is 1.21 bits per heavy atom. The standard InChI is InChI=1S/C4H11NO2.C3H6O.C2H4O/c6-3-1-5-2-4-7;1-3-2-4-3;1-2-3-1/h5-7H,1-4H2;3H,2H2,1H3;1-2H2. The SMILES string of the molecule is C1CO1.CC1CO1.OCCNCCO. The molecule has 2 aliphatic heterocycles. The Labute approximate surface area is 85.0 Å². The van der Waals surface area contributed by atoms with Crippen molar-refractivity contribution in [3.8, 4) is 0 Å². The average Bonchev–Trinajstić information content (AvgIpc) is 3.01. The van der Waals surface area contributed by atoms with Crippen LogP contribution in [-0.4, -0.2) is 62.4 Å². The molecule has 1 atom stereocenters. The van der Waals surface area contributed by atoms with E-state index in [4.69, 9.17) is 14.9 Å². The summed E-state index contributed by atoms with van der Waals surface area (Å²) in [6, 6.07) is 0. The van der Waals surface area contributed by atoms with Crippen molar-refractivity contribution in [2.75, 3.05) is 46.1 Å². The van der Waals surface area contributed by atoms with Crippen molar-refractivity contribution in [1.29, 1.82) is 0 Å². The van der Waals surface area contributed by atoms with E-state index >= 15 is 0 Å². The molecule has 0 aliphatic carbocycles. The van der Waals surface area contributed by atoms with E-state index in [1.54, 1.807) is 0 Å². The second kappa shape index (κ2) is 10.9. The monoisotopic (exact) mass is 207 g/mol. The fourth-order valence-corrected chi connectivity index (χ4v) is 0.379. The number of aliphatic hydroxyl groups excluding tert-OH is 2. The second-order valence-corrected chi connectivity index (χ2v) is 2.95. The molecule has 5 heteroatoms. The average molecular weight is 207 g/mol. The van der Waals surface area contributed by atoms with Crippen LogP contribution in [0.4, 0.5) is 0 Å². The molecule has 0 saturated carbocycles. The molecule has 0 aromatic heterocycles. The largest absolute Gasteiger partial charge is 0.395 e. The topological polar surface area (TPSA) is 77.5 Å². The van der Waals surface area contributed by atoms with Crippen LogP contribution < -0.4 is 5.32 Å². The summed E-state index contributed by atoms with van der Waals surface area (Å²) in [4.78, 5) is 0. The number of ether oxygens (including phenoxy) is 2. The lowest BCUT2D eigenvalue weighted by molar-refractivity contribution is 0.267. The minimum absolute atomic E-state index is 0.139. The molecule has 1 unspecified atom stereocenters. The molecule has 2 heterocycles. The molecular formula is C9H21NO4. The van der Waals surface area contributed by atoms with Crippen molar-refractivity contribution in [3.05, 3.63) is 0 Å². The summed E-state index contributed by atoms with van der Waals surface area (Å²) in [5.41, 5.74) is 0. The molecule has 2 saturated heterocycles. The minimum atomic E-state index is 0.139. The molecule has 0 amide bonds. The number of epoxide rings is 2. The van der Waals surface area contributed by atoms with E-state index in [0.29, 0.717) is 19.2 Å². The van der Waals surface area contributed by atoms with Crippen LogP contribution in [0.15, 0.2) is 0 Å². The van der Waals surface area contributed by atoms with E-state index in [2.05, 4.69) is 17.0 Å². The zero-order valence-corrected chi connectivity index (χ0v) is 8.74. The molecule has 2 rings (SSSR count). The van der Waals surface area contributed by atoms with Crippen molar-refractivity contribution < 1.29 is 19.7 Å². The van der Waals surface area contributed by atoms with Crippen molar-refractivity contribution in [3.63, 3.8) is 0 Å². The number of hydrogen-bond acceptors (Lipinski definition) is 5. The highest BCUT2D eigenvalue weighted by atomic mass is 16.6. The normalized spacial score (nSPS) is 21.2. The number of rotatable bonds is 4. The van der Waals surface area contributed by atoms with Crippen molar-refractivity contribution in [1.82, 2.24) is 5.32 Å². The van der Waals surface area contributed by atoms with Crippen molar-refractivity contribution in [2.24, 2.45) is 0 Å². The summed E-state index contributed by atoms with van der Waals surface area (Å²) in [6.07, 6.45) is 0.583. The number of nitrogens with one attached hydrogen (secondary N) is 1. The summed E-state index contributed by atoms with van der Waals surface area (Å²) in [5.74, 6) is 0. The lowest BCUT2D eigenvalue weighted by Crippen LogP contribution is -2.21. The van der Waals surface area contributed by atoms with Gasteiger partial charge in [0.15, 0.2) is 0 Å². The van der Waals surface area contributed by atoms with Crippen LogP contribution in [0.2, 0.25) is 0 Å². The molecule has 5 nitrogen and oxygen atoms in total. The van der Waals surface area contributed by atoms with Crippen LogP contribution in [-0.2, 0) is 9.47 Å². The number of aliphatic hydroxyl groups is 2. The molecule has 86 valence electrons. The second-order valence-electron chi connectivity index (χ2n) is 2.95. The van der Waals surface area contributed by atoms with E-state index < -0.39 is 0 Å². The zero-order valence-electron chi connectivity index (χ0n) is 8.74. The first-order chi connectivity index (χ1) is 6.81. The van der Waals surface area contributed by atoms with Crippen LogP contribution in [0.3, 0.4) is 0 Å². The van der Waals surface area contributed by atoms with Gasteiger partial charge in [0, 0.05) is 13.1 Å². The predicted molar refractivity (Wildman–Crippen MR) is 53.3 cm³/mol. The highest BCUT2D eigenvalue weighted by molar-refractivity contribution is 4.58. The summed E-state index contributed by atoms with van der Waals surface area (Å²) in [5, 5.41) is 19.1. The van der Waals surface area contributed by atoms with Crippen LogP contribution >= 0.6 is 0 Å². The highest BCUT2D eigenvalue weighted by Crippen LogP contribution is 2.04. The third-order valence-electron chi connectivity index (χ3n) is 1.28. The van der Waals surface area contributed by atoms with Crippen molar-refractivity contribution >= 4 is 0 Å². The maximum Gasteiger partial charge on any atom is 0.0781 e. The molecule has 2 fully saturated rings. The summed E-state index contributed by atoms with van der Waals surface area (Å²) < 4.78 is 9.21. The van der Waals surface area contributed by atoms with Crippen LogP contribution in [0.1, 0.15) is 6.92 Å². The first-order valence-electron chi connectivity index (χ1n) is 4.93. The van der Waals surface area contributed by atoms with Crippen LogP contribution in [0.25, 0.3) is 0 Å². The Kier molecular flexibility index (Phi) is 10.7. The molecule has 14 heavy (non-hydrogen) atoms. The maximum atomic E-state index is 8.15. The Bertz CT molecular complexity index is 100. The molecule has 0 aromatic carbocycles. The zero-order chi connectivity index (χ0) is 10.6. The first kappa shape index (κ1) is 13.8. The van der Waals surface area contributed by atoms with Crippen LogP contribution in [0.5, 0.6) is 0 Å². The van der Waals surface area contributed by atoms with E-state index in [-0.39, 0.29) is 13.2 Å². The number of hydrogen-bond donors (Lipinski definition) is 3. The molecule has 0 bridgehead atoms. The van der Waals surface area contributed by atoms with Gasteiger partial charge in [-0.1, -0.05) is 0 Å². The lowest BCUT2D eigenvalue weighted by atomic mass is 10.6. The highest BCUT2D eigenvalue weighted by Gasteiger charge is 2.13. The van der Waals surface area contributed by atoms with E-state index in [0.717, 1.165) is 19.8 Å². The van der Waals surface area contributed by atoms with Gasteiger partial charge in [0.1, 0.15) is 0 Å². The van der Waals surface area contributed by atoms with Crippen molar-refractivity contribution in [2.45, 2.75) is 13.0 Å². The lowest BCUT2D eigenvalue weighted by Gasteiger charge is -1.94. The molecule has 2 aliphatic rings. The summed E-state index contributed by atoms with van der Waals surface area (Å²) in [7, 11) is 0. The molecular weight excluding hydrogens is 186 g/mol. The quantitative estimate of drug-likeness (QED) is 0.406. The first-order valence-corrected chi connectivity index (χ1v) is 4.93. The Hall–Kier alpha value is -0.200.